The second-order valence-corrected chi connectivity index (χ2v) is 5.83. The first kappa shape index (κ1) is 19.0. The fraction of sp³-hybridized carbons (Fsp3) is 0.444. The number of hydrogen-bond acceptors (Lipinski definition) is 6. The molecule has 1 unspecified atom stereocenters. The monoisotopic (exact) mass is 346 g/mol. The third-order valence-corrected chi connectivity index (χ3v) is 4.07. The van der Waals surface area contributed by atoms with E-state index in [1.54, 1.807) is 24.3 Å². The summed E-state index contributed by atoms with van der Waals surface area (Å²) in [6, 6.07) is 6.33. The van der Waals surface area contributed by atoms with Crippen molar-refractivity contribution in [1.29, 1.82) is 0 Å². The van der Waals surface area contributed by atoms with Crippen LogP contribution < -0.4 is 11.1 Å². The maximum atomic E-state index is 12.1. The highest BCUT2D eigenvalue weighted by molar-refractivity contribution is 5.91. The summed E-state index contributed by atoms with van der Waals surface area (Å²) in [5.74, 6) is 0.262. The molecule has 7 nitrogen and oxygen atoms in total. The summed E-state index contributed by atoms with van der Waals surface area (Å²) in [4.78, 5) is 18.5. The van der Waals surface area contributed by atoms with Crippen LogP contribution in [0.3, 0.4) is 0 Å². The van der Waals surface area contributed by atoms with Crippen LogP contribution in [0.2, 0.25) is 0 Å². The lowest BCUT2D eigenvalue weighted by Crippen LogP contribution is -2.34. The lowest BCUT2D eigenvalue weighted by atomic mass is 10.1. The molecular weight excluding hydrogens is 320 g/mol. The number of carbonyl (C=O) groups is 1. The smallest absolute Gasteiger partial charge is 0.273 e. The van der Waals surface area contributed by atoms with Crippen LogP contribution in [0.1, 0.15) is 41.8 Å². The van der Waals surface area contributed by atoms with Crippen LogP contribution in [0.4, 0.5) is 0 Å². The quantitative estimate of drug-likeness (QED) is 0.638. The normalized spacial score (nSPS) is 12.3. The number of hydrogen-bond donors (Lipinski definition) is 3. The van der Waals surface area contributed by atoms with Gasteiger partial charge in [-0.2, -0.15) is 0 Å². The molecule has 25 heavy (non-hydrogen) atoms. The van der Waals surface area contributed by atoms with E-state index in [0.717, 1.165) is 25.2 Å². The van der Waals surface area contributed by atoms with Crippen molar-refractivity contribution in [3.8, 4) is 5.75 Å². The molecule has 136 valence electrons. The van der Waals surface area contributed by atoms with E-state index in [2.05, 4.69) is 29.0 Å². The Morgan fingerprint density at radius 3 is 2.64 bits per heavy atom. The van der Waals surface area contributed by atoms with Crippen molar-refractivity contribution in [3.63, 3.8) is 0 Å². The molecule has 1 atom stereocenters. The average molecular weight is 346 g/mol. The van der Waals surface area contributed by atoms with Gasteiger partial charge >= 0.3 is 0 Å². The Hall–Kier alpha value is -2.38. The van der Waals surface area contributed by atoms with Crippen LogP contribution in [0.25, 0.3) is 0 Å². The largest absolute Gasteiger partial charge is 0.508 e. The van der Waals surface area contributed by atoms with E-state index in [4.69, 9.17) is 10.2 Å². The van der Waals surface area contributed by atoms with Gasteiger partial charge in [0.1, 0.15) is 12.0 Å². The Morgan fingerprint density at radius 2 is 2.00 bits per heavy atom. The molecule has 0 radical (unpaired) electrons. The number of benzene rings is 1. The Morgan fingerprint density at radius 1 is 1.32 bits per heavy atom. The summed E-state index contributed by atoms with van der Waals surface area (Å²) in [6.07, 6.45) is 1.84. The maximum absolute atomic E-state index is 12.1. The Kier molecular flexibility index (Phi) is 6.97. The van der Waals surface area contributed by atoms with Crippen LogP contribution >= 0.6 is 0 Å². The Balaban J connectivity index is 1.87. The fourth-order valence-electron chi connectivity index (χ4n) is 2.49. The van der Waals surface area contributed by atoms with E-state index in [9.17, 15) is 9.90 Å². The lowest BCUT2D eigenvalue weighted by Gasteiger charge is -2.17. The number of amides is 1. The van der Waals surface area contributed by atoms with Crippen LogP contribution in [-0.2, 0) is 6.42 Å². The number of phenolic OH excluding ortho intramolecular Hbond substituents is 1. The molecule has 0 fully saturated rings. The van der Waals surface area contributed by atoms with Gasteiger partial charge in [-0.1, -0.05) is 26.0 Å². The number of phenols is 1. The second-order valence-electron chi connectivity index (χ2n) is 5.83. The Labute approximate surface area is 147 Å². The summed E-state index contributed by atoms with van der Waals surface area (Å²) in [5, 5.41) is 12.1. The third kappa shape index (κ3) is 5.58. The highest BCUT2D eigenvalue weighted by Crippen LogP contribution is 2.17. The van der Waals surface area contributed by atoms with Gasteiger partial charge in [0.05, 0.1) is 6.04 Å². The van der Waals surface area contributed by atoms with Crippen molar-refractivity contribution in [2.75, 3.05) is 26.2 Å². The van der Waals surface area contributed by atoms with Gasteiger partial charge in [0.25, 0.3) is 5.91 Å². The van der Waals surface area contributed by atoms with E-state index in [1.165, 1.54) is 6.26 Å². The van der Waals surface area contributed by atoms with Crippen LogP contribution in [-0.4, -0.2) is 47.1 Å². The standard InChI is InChI=1S/C18H26N4O3/c1-3-22(4-2)10-9-20-17(24)16-12-25-18(21-16)15(19)11-13-5-7-14(23)8-6-13/h5-8,12,15,23H,3-4,9-11,19H2,1-2H3,(H,20,24). The number of carbonyl (C=O) groups excluding carboxylic acids is 1. The highest BCUT2D eigenvalue weighted by atomic mass is 16.3. The number of oxazole rings is 1. The molecule has 1 amide bonds. The molecule has 0 spiro atoms. The number of aromatic nitrogens is 1. The lowest BCUT2D eigenvalue weighted by molar-refractivity contribution is 0.0944. The maximum Gasteiger partial charge on any atom is 0.273 e. The minimum Gasteiger partial charge on any atom is -0.508 e. The minimum atomic E-state index is -0.457. The van der Waals surface area contributed by atoms with Gasteiger partial charge in [-0.3, -0.25) is 4.79 Å². The molecule has 0 saturated carbocycles. The summed E-state index contributed by atoms with van der Waals surface area (Å²) in [7, 11) is 0. The molecule has 0 saturated heterocycles. The van der Waals surface area contributed by atoms with E-state index < -0.39 is 6.04 Å². The molecule has 1 aromatic heterocycles. The zero-order valence-electron chi connectivity index (χ0n) is 14.7. The minimum absolute atomic E-state index is 0.206. The SMILES string of the molecule is CCN(CC)CCNC(=O)c1coc(C(N)Cc2ccc(O)cc2)n1. The second kappa shape index (κ2) is 9.19. The van der Waals surface area contributed by atoms with Gasteiger partial charge in [0.15, 0.2) is 5.69 Å². The van der Waals surface area contributed by atoms with E-state index in [1.807, 2.05) is 0 Å². The average Bonchev–Trinajstić information content (AvgIpc) is 3.11. The summed E-state index contributed by atoms with van der Waals surface area (Å²) in [6.45, 7) is 7.43. The van der Waals surface area contributed by atoms with Crippen molar-refractivity contribution in [2.45, 2.75) is 26.3 Å². The van der Waals surface area contributed by atoms with Gasteiger partial charge in [0, 0.05) is 13.1 Å². The molecule has 1 aromatic carbocycles. The molecule has 0 bridgehead atoms. The predicted molar refractivity (Wildman–Crippen MR) is 95.4 cm³/mol. The predicted octanol–water partition coefficient (Wildman–Crippen LogP) is 1.69. The molecular formula is C18H26N4O3. The van der Waals surface area contributed by atoms with Crippen LogP contribution in [0, 0.1) is 0 Å². The number of nitrogens with zero attached hydrogens (tertiary/aromatic N) is 2. The molecule has 1 heterocycles. The van der Waals surface area contributed by atoms with E-state index in [0.29, 0.717) is 18.9 Å². The van der Waals surface area contributed by atoms with Crippen LogP contribution in [0.5, 0.6) is 5.75 Å². The van der Waals surface area contributed by atoms with Crippen molar-refractivity contribution in [3.05, 3.63) is 47.7 Å². The summed E-state index contributed by atoms with van der Waals surface area (Å²) in [5.41, 5.74) is 7.28. The summed E-state index contributed by atoms with van der Waals surface area (Å²) >= 11 is 0. The van der Waals surface area contributed by atoms with Gasteiger partial charge in [-0.15, -0.1) is 0 Å². The molecule has 0 aliphatic rings. The van der Waals surface area contributed by atoms with Crippen molar-refractivity contribution >= 4 is 5.91 Å². The van der Waals surface area contributed by atoms with Crippen molar-refractivity contribution in [1.82, 2.24) is 15.2 Å². The van der Waals surface area contributed by atoms with E-state index in [-0.39, 0.29) is 17.4 Å². The number of rotatable bonds is 9. The topological polar surface area (TPSA) is 105 Å². The first-order chi connectivity index (χ1) is 12.0. The number of likely N-dealkylation sites (N-methyl/N-ethyl adjacent to an activating group) is 1. The zero-order valence-corrected chi connectivity index (χ0v) is 14.7. The van der Waals surface area contributed by atoms with Crippen molar-refractivity contribution in [2.24, 2.45) is 5.73 Å². The van der Waals surface area contributed by atoms with Crippen LogP contribution in [0.15, 0.2) is 34.9 Å². The zero-order chi connectivity index (χ0) is 18.2. The number of nitrogens with one attached hydrogen (secondary N) is 1. The highest BCUT2D eigenvalue weighted by Gasteiger charge is 2.17. The molecule has 0 aliphatic heterocycles. The van der Waals surface area contributed by atoms with Gasteiger partial charge in [-0.25, -0.2) is 4.98 Å². The first-order valence-electron chi connectivity index (χ1n) is 8.53. The fourth-order valence-corrected chi connectivity index (χ4v) is 2.49. The third-order valence-electron chi connectivity index (χ3n) is 4.07. The molecule has 2 aromatic rings. The first-order valence-corrected chi connectivity index (χ1v) is 8.53. The van der Waals surface area contributed by atoms with Gasteiger partial charge < -0.3 is 25.5 Å². The van der Waals surface area contributed by atoms with Gasteiger partial charge in [-0.05, 0) is 37.2 Å². The molecule has 4 N–H and O–H groups in total. The number of aromatic hydroxyl groups is 1. The van der Waals surface area contributed by atoms with E-state index >= 15 is 0 Å². The molecule has 0 aliphatic carbocycles. The number of nitrogens with two attached hydrogens (primary N) is 1. The van der Waals surface area contributed by atoms with Gasteiger partial charge in [0.2, 0.25) is 5.89 Å². The Bertz CT molecular complexity index is 665. The molecule has 7 heteroatoms. The molecule has 2 rings (SSSR count). The summed E-state index contributed by atoms with van der Waals surface area (Å²) < 4.78 is 5.36. The van der Waals surface area contributed by atoms with Crippen molar-refractivity contribution < 1.29 is 14.3 Å².